The lowest BCUT2D eigenvalue weighted by Gasteiger charge is -2.32. The van der Waals surface area contributed by atoms with Crippen LogP contribution >= 0.6 is 0 Å². The molecule has 1 aliphatic heterocycles. The Morgan fingerprint density at radius 3 is 2.57 bits per heavy atom. The van der Waals surface area contributed by atoms with Crippen LogP contribution in [0.3, 0.4) is 0 Å². The molecule has 0 saturated carbocycles. The highest BCUT2D eigenvalue weighted by Crippen LogP contribution is 2.38. The van der Waals surface area contributed by atoms with Crippen molar-refractivity contribution in [3.05, 3.63) is 59.2 Å². The van der Waals surface area contributed by atoms with E-state index in [9.17, 15) is 4.79 Å². The van der Waals surface area contributed by atoms with Crippen molar-refractivity contribution in [1.82, 2.24) is 10.2 Å². The van der Waals surface area contributed by atoms with E-state index in [0.717, 1.165) is 37.9 Å². The third kappa shape index (κ3) is 2.45. The zero-order valence-electron chi connectivity index (χ0n) is 13.5. The summed E-state index contributed by atoms with van der Waals surface area (Å²) in [5.41, 5.74) is 5.94. The molecule has 0 aromatic heterocycles. The van der Waals surface area contributed by atoms with Crippen molar-refractivity contribution in [2.75, 3.05) is 20.1 Å². The number of amides is 1. The quantitative estimate of drug-likeness (QED) is 0.789. The van der Waals surface area contributed by atoms with Crippen LogP contribution in [-0.2, 0) is 6.42 Å². The number of hydrogen-bond donors (Lipinski definition) is 1. The van der Waals surface area contributed by atoms with Gasteiger partial charge in [-0.25, -0.2) is 0 Å². The van der Waals surface area contributed by atoms with Gasteiger partial charge in [-0.2, -0.15) is 0 Å². The second-order valence-electron chi connectivity index (χ2n) is 6.52. The van der Waals surface area contributed by atoms with Gasteiger partial charge in [-0.1, -0.05) is 36.4 Å². The van der Waals surface area contributed by atoms with Crippen molar-refractivity contribution >= 4 is 5.91 Å². The first kappa shape index (κ1) is 14.5. The fourth-order valence-corrected chi connectivity index (χ4v) is 3.90. The van der Waals surface area contributed by atoms with E-state index in [0.29, 0.717) is 6.04 Å². The number of likely N-dealkylation sites (tertiary alicyclic amines) is 1. The highest BCUT2D eigenvalue weighted by atomic mass is 16.2. The summed E-state index contributed by atoms with van der Waals surface area (Å²) in [5.74, 6) is 0.198. The van der Waals surface area contributed by atoms with Crippen LogP contribution < -0.4 is 5.32 Å². The number of hydrogen-bond acceptors (Lipinski definition) is 2. The SMILES string of the molecule is CNC1CCN(C(=O)c2cccc3c2Cc2ccccc2-3)CC1. The fourth-order valence-electron chi connectivity index (χ4n) is 3.90. The molecule has 1 amide bonds. The summed E-state index contributed by atoms with van der Waals surface area (Å²) in [6, 6.07) is 15.2. The average molecular weight is 306 g/mol. The number of nitrogens with one attached hydrogen (secondary N) is 1. The third-order valence-corrected chi connectivity index (χ3v) is 5.27. The van der Waals surface area contributed by atoms with Crippen LogP contribution in [0.4, 0.5) is 0 Å². The second-order valence-corrected chi connectivity index (χ2v) is 6.52. The van der Waals surface area contributed by atoms with Gasteiger partial charge >= 0.3 is 0 Å². The molecular weight excluding hydrogens is 284 g/mol. The average Bonchev–Trinajstić information content (AvgIpc) is 3.00. The summed E-state index contributed by atoms with van der Waals surface area (Å²) in [6.45, 7) is 1.70. The molecule has 0 spiro atoms. The summed E-state index contributed by atoms with van der Waals surface area (Å²) in [7, 11) is 2.00. The molecule has 0 radical (unpaired) electrons. The van der Waals surface area contributed by atoms with Gasteiger partial charge in [-0.15, -0.1) is 0 Å². The molecule has 1 saturated heterocycles. The monoisotopic (exact) mass is 306 g/mol. The normalized spacial score (nSPS) is 17.0. The molecule has 1 fully saturated rings. The van der Waals surface area contributed by atoms with Crippen molar-refractivity contribution < 1.29 is 4.79 Å². The van der Waals surface area contributed by atoms with Crippen molar-refractivity contribution in [2.24, 2.45) is 0 Å². The minimum atomic E-state index is 0.198. The Morgan fingerprint density at radius 2 is 1.78 bits per heavy atom. The lowest BCUT2D eigenvalue weighted by atomic mass is 9.98. The number of piperidine rings is 1. The Balaban J connectivity index is 1.63. The summed E-state index contributed by atoms with van der Waals surface area (Å²) in [5, 5.41) is 3.32. The van der Waals surface area contributed by atoms with E-state index in [1.54, 1.807) is 0 Å². The Labute approximate surface area is 137 Å². The lowest BCUT2D eigenvalue weighted by Crippen LogP contribution is -2.44. The van der Waals surface area contributed by atoms with Gasteiger partial charge in [0.2, 0.25) is 0 Å². The van der Waals surface area contributed by atoms with Crippen LogP contribution in [0.2, 0.25) is 0 Å². The Bertz CT molecular complexity index is 745. The molecule has 1 aliphatic carbocycles. The second kappa shape index (κ2) is 5.82. The summed E-state index contributed by atoms with van der Waals surface area (Å²) < 4.78 is 0. The number of rotatable bonds is 2. The van der Waals surface area contributed by atoms with Crippen LogP contribution in [-0.4, -0.2) is 37.0 Å². The predicted octanol–water partition coefficient (Wildman–Crippen LogP) is 3.08. The topological polar surface area (TPSA) is 32.3 Å². The Morgan fingerprint density at radius 1 is 1.04 bits per heavy atom. The molecule has 4 rings (SSSR count). The zero-order valence-corrected chi connectivity index (χ0v) is 13.5. The van der Waals surface area contributed by atoms with Gasteiger partial charge in [0.1, 0.15) is 0 Å². The van der Waals surface area contributed by atoms with E-state index in [1.165, 1.54) is 22.3 Å². The smallest absolute Gasteiger partial charge is 0.254 e. The molecule has 23 heavy (non-hydrogen) atoms. The summed E-state index contributed by atoms with van der Waals surface area (Å²) in [6.07, 6.45) is 2.95. The first-order chi connectivity index (χ1) is 11.3. The molecule has 0 bridgehead atoms. The number of carbonyl (C=O) groups is 1. The van der Waals surface area contributed by atoms with E-state index in [4.69, 9.17) is 0 Å². The number of carbonyl (C=O) groups excluding carboxylic acids is 1. The van der Waals surface area contributed by atoms with Gasteiger partial charge < -0.3 is 10.2 Å². The highest BCUT2D eigenvalue weighted by Gasteiger charge is 2.27. The van der Waals surface area contributed by atoms with E-state index in [1.807, 2.05) is 24.1 Å². The zero-order chi connectivity index (χ0) is 15.8. The summed E-state index contributed by atoms with van der Waals surface area (Å²) in [4.78, 5) is 15.0. The fraction of sp³-hybridized carbons (Fsp3) is 0.350. The van der Waals surface area contributed by atoms with Crippen LogP contribution in [0.25, 0.3) is 11.1 Å². The van der Waals surface area contributed by atoms with Crippen molar-refractivity contribution in [3.63, 3.8) is 0 Å². The van der Waals surface area contributed by atoms with E-state index in [2.05, 4.69) is 35.6 Å². The van der Waals surface area contributed by atoms with Crippen LogP contribution in [0.15, 0.2) is 42.5 Å². The first-order valence-corrected chi connectivity index (χ1v) is 8.44. The molecule has 2 aromatic rings. The molecule has 1 heterocycles. The number of fused-ring (bicyclic) bond motifs is 3. The Kier molecular flexibility index (Phi) is 3.66. The molecule has 0 atom stereocenters. The molecule has 2 aromatic carbocycles. The van der Waals surface area contributed by atoms with Gasteiger partial charge in [-0.3, -0.25) is 4.79 Å². The van der Waals surface area contributed by atoms with Crippen molar-refractivity contribution in [3.8, 4) is 11.1 Å². The number of nitrogens with zero attached hydrogens (tertiary/aromatic N) is 1. The lowest BCUT2D eigenvalue weighted by molar-refractivity contribution is 0.0706. The maximum absolute atomic E-state index is 13.0. The van der Waals surface area contributed by atoms with E-state index >= 15 is 0 Å². The van der Waals surface area contributed by atoms with Gasteiger partial charge in [-0.05, 0) is 54.6 Å². The van der Waals surface area contributed by atoms with Gasteiger partial charge in [0.25, 0.3) is 5.91 Å². The predicted molar refractivity (Wildman–Crippen MR) is 92.7 cm³/mol. The number of benzene rings is 2. The maximum Gasteiger partial charge on any atom is 0.254 e. The van der Waals surface area contributed by atoms with Gasteiger partial charge in [0.05, 0.1) is 0 Å². The molecule has 3 nitrogen and oxygen atoms in total. The molecule has 118 valence electrons. The molecule has 1 N–H and O–H groups in total. The summed E-state index contributed by atoms with van der Waals surface area (Å²) >= 11 is 0. The van der Waals surface area contributed by atoms with Crippen LogP contribution in [0, 0.1) is 0 Å². The molecule has 3 heteroatoms. The molecule has 0 unspecified atom stereocenters. The minimum absolute atomic E-state index is 0.198. The third-order valence-electron chi connectivity index (χ3n) is 5.27. The molecule has 2 aliphatic rings. The van der Waals surface area contributed by atoms with Gasteiger partial charge in [0, 0.05) is 24.7 Å². The largest absolute Gasteiger partial charge is 0.339 e. The van der Waals surface area contributed by atoms with Crippen molar-refractivity contribution in [2.45, 2.75) is 25.3 Å². The minimum Gasteiger partial charge on any atom is -0.339 e. The highest BCUT2D eigenvalue weighted by molar-refractivity contribution is 5.99. The van der Waals surface area contributed by atoms with Gasteiger partial charge in [0.15, 0.2) is 0 Å². The first-order valence-electron chi connectivity index (χ1n) is 8.44. The van der Waals surface area contributed by atoms with E-state index in [-0.39, 0.29) is 5.91 Å². The molecular formula is C20H22N2O. The maximum atomic E-state index is 13.0. The van der Waals surface area contributed by atoms with Crippen LogP contribution in [0.5, 0.6) is 0 Å². The van der Waals surface area contributed by atoms with Crippen molar-refractivity contribution in [1.29, 1.82) is 0 Å². The van der Waals surface area contributed by atoms with E-state index < -0.39 is 0 Å². The standard InChI is InChI=1S/C20H22N2O/c1-21-15-9-11-22(12-10-15)20(23)18-8-4-7-17-16-6-3-2-5-14(16)13-19(17)18/h2-8,15,21H,9-13H2,1H3. The Hall–Kier alpha value is -2.13. The van der Waals surface area contributed by atoms with Crippen LogP contribution in [0.1, 0.15) is 34.3 Å².